The maximum absolute atomic E-state index is 11.4. The molecule has 3 aromatic rings. The standard InChI is InChI=1S/C29H33N2O4Si/c1-34-23-7-10-27(22-4-3-13-30-18-22)28(17-23)31-14-11-21(12-15-31)19-35-24-5-2-6-26(16-24)36(20-29(32)33)25-8-9-25/h2-7,10,13,16-18,21,25H,8-9,11-12,14-15,19-20H2,1H3,(H,32,33). The molecule has 2 fully saturated rings. The summed E-state index contributed by atoms with van der Waals surface area (Å²) in [5, 5.41) is 10.6. The van der Waals surface area contributed by atoms with Crippen LogP contribution >= 0.6 is 0 Å². The summed E-state index contributed by atoms with van der Waals surface area (Å²) in [6, 6.07) is 18.8. The first-order valence-electron chi connectivity index (χ1n) is 12.7. The number of methoxy groups -OCH3 is 1. The molecule has 7 heteroatoms. The number of carboxylic acids is 1. The Morgan fingerprint density at radius 3 is 2.58 bits per heavy atom. The lowest BCUT2D eigenvalue weighted by atomic mass is 9.95. The predicted octanol–water partition coefficient (Wildman–Crippen LogP) is 5.00. The first-order chi connectivity index (χ1) is 17.6. The van der Waals surface area contributed by atoms with Crippen molar-refractivity contribution in [3.05, 3.63) is 67.0 Å². The normalized spacial score (nSPS) is 16.2. The number of hydrogen-bond acceptors (Lipinski definition) is 5. The summed E-state index contributed by atoms with van der Waals surface area (Å²) in [4.78, 5) is 18.1. The van der Waals surface area contributed by atoms with Crippen LogP contribution < -0.4 is 19.6 Å². The van der Waals surface area contributed by atoms with E-state index in [4.69, 9.17) is 9.47 Å². The largest absolute Gasteiger partial charge is 0.497 e. The molecule has 0 amide bonds. The summed E-state index contributed by atoms with van der Waals surface area (Å²) in [5.41, 5.74) is 4.06. The quantitative estimate of drug-likeness (QED) is 0.394. The maximum Gasteiger partial charge on any atom is 0.300 e. The van der Waals surface area contributed by atoms with Crippen LogP contribution in [0.15, 0.2) is 67.0 Å². The Bertz CT molecular complexity index is 1180. The molecule has 6 nitrogen and oxygen atoms in total. The van der Waals surface area contributed by atoms with Gasteiger partial charge in [0.15, 0.2) is 0 Å². The second-order valence-electron chi connectivity index (χ2n) is 9.76. The van der Waals surface area contributed by atoms with Crippen LogP contribution in [0.2, 0.25) is 11.6 Å². The topological polar surface area (TPSA) is 71.9 Å². The molecule has 5 rings (SSSR count). The van der Waals surface area contributed by atoms with Gasteiger partial charge in [-0.1, -0.05) is 36.2 Å². The van der Waals surface area contributed by atoms with Crippen molar-refractivity contribution in [2.45, 2.75) is 37.3 Å². The molecule has 1 saturated heterocycles. The van der Waals surface area contributed by atoms with Gasteiger partial charge in [0.2, 0.25) is 0 Å². The van der Waals surface area contributed by atoms with E-state index < -0.39 is 14.8 Å². The minimum atomic E-state index is -1.06. The number of nitrogens with zero attached hydrogens (tertiary/aromatic N) is 2. The molecule has 1 aromatic heterocycles. The summed E-state index contributed by atoms with van der Waals surface area (Å²) < 4.78 is 11.8. The predicted molar refractivity (Wildman–Crippen MR) is 144 cm³/mol. The maximum atomic E-state index is 11.4. The van der Waals surface area contributed by atoms with E-state index in [2.05, 4.69) is 40.2 Å². The number of hydrogen-bond donors (Lipinski definition) is 1. The Kier molecular flexibility index (Phi) is 7.56. The molecule has 2 aromatic carbocycles. The third kappa shape index (κ3) is 5.90. The van der Waals surface area contributed by atoms with Gasteiger partial charge >= 0.3 is 5.97 Å². The Labute approximate surface area is 214 Å². The molecular weight excluding hydrogens is 468 g/mol. The van der Waals surface area contributed by atoms with E-state index in [0.717, 1.165) is 43.0 Å². The Morgan fingerprint density at radius 2 is 1.89 bits per heavy atom. The third-order valence-electron chi connectivity index (χ3n) is 7.24. The molecule has 36 heavy (non-hydrogen) atoms. The summed E-state index contributed by atoms with van der Waals surface area (Å²) in [5.74, 6) is 1.54. The Hall–Kier alpha value is -3.32. The van der Waals surface area contributed by atoms with Gasteiger partial charge in [-0.05, 0) is 54.6 Å². The summed E-state index contributed by atoms with van der Waals surface area (Å²) in [7, 11) is 0.643. The first-order valence-corrected chi connectivity index (χ1v) is 14.5. The number of aromatic nitrogens is 1. The van der Waals surface area contributed by atoms with Gasteiger partial charge in [-0.25, -0.2) is 0 Å². The van der Waals surface area contributed by atoms with Crippen molar-refractivity contribution in [3.63, 3.8) is 0 Å². The van der Waals surface area contributed by atoms with E-state index in [-0.39, 0.29) is 0 Å². The average Bonchev–Trinajstić information content (AvgIpc) is 3.76. The number of benzene rings is 2. The van der Waals surface area contributed by atoms with Crippen molar-refractivity contribution in [1.29, 1.82) is 0 Å². The summed E-state index contributed by atoms with van der Waals surface area (Å²) in [6.07, 6.45) is 8.15. The number of aliphatic carboxylic acids is 1. The van der Waals surface area contributed by atoms with Crippen LogP contribution in [-0.4, -0.2) is 51.7 Å². The molecule has 1 aliphatic heterocycles. The average molecular weight is 502 g/mol. The molecule has 1 N–H and O–H groups in total. The fourth-order valence-electron chi connectivity index (χ4n) is 5.08. The van der Waals surface area contributed by atoms with Gasteiger partial charge in [0.05, 0.1) is 13.7 Å². The van der Waals surface area contributed by atoms with Crippen LogP contribution in [0.4, 0.5) is 5.69 Å². The van der Waals surface area contributed by atoms with Crippen LogP contribution in [0.3, 0.4) is 0 Å². The molecule has 187 valence electrons. The first kappa shape index (κ1) is 24.4. The Balaban J connectivity index is 1.21. The number of anilines is 1. The molecule has 2 aliphatic rings. The number of carboxylic acid groups (broad SMARTS) is 1. The second kappa shape index (κ2) is 11.2. The third-order valence-corrected chi connectivity index (χ3v) is 10.5. The van der Waals surface area contributed by atoms with Gasteiger partial charge < -0.3 is 19.5 Å². The van der Waals surface area contributed by atoms with Crippen molar-refractivity contribution >= 4 is 25.6 Å². The molecular formula is C29H33N2O4Si. The molecule has 0 atom stereocenters. The highest BCUT2D eigenvalue weighted by atomic mass is 28.3. The number of ether oxygens (including phenoxy) is 2. The minimum Gasteiger partial charge on any atom is -0.497 e. The van der Waals surface area contributed by atoms with E-state index >= 15 is 0 Å². The van der Waals surface area contributed by atoms with Gasteiger partial charge in [-0.2, -0.15) is 0 Å². The molecule has 0 bridgehead atoms. The van der Waals surface area contributed by atoms with Crippen molar-refractivity contribution in [3.8, 4) is 22.6 Å². The van der Waals surface area contributed by atoms with Crippen molar-refractivity contribution in [2.75, 3.05) is 31.7 Å². The fraction of sp³-hybridized carbons (Fsp3) is 0.379. The molecule has 1 saturated carbocycles. The smallest absolute Gasteiger partial charge is 0.300 e. The highest BCUT2D eigenvalue weighted by Gasteiger charge is 2.35. The van der Waals surface area contributed by atoms with E-state index in [1.54, 1.807) is 13.3 Å². The molecule has 0 unspecified atom stereocenters. The zero-order valence-corrected chi connectivity index (χ0v) is 21.7. The number of carbonyl (C=O) groups is 1. The van der Waals surface area contributed by atoms with Crippen molar-refractivity contribution in [1.82, 2.24) is 4.98 Å². The summed E-state index contributed by atoms with van der Waals surface area (Å²) in [6.45, 7) is 2.61. The SMILES string of the molecule is COc1ccc(-c2cccnc2)c(N2CCC(COc3cccc([Si](CC(=O)O)C4CC4)c3)CC2)c1. The van der Waals surface area contributed by atoms with Crippen molar-refractivity contribution < 1.29 is 19.4 Å². The highest BCUT2D eigenvalue weighted by Crippen LogP contribution is 2.40. The summed E-state index contributed by atoms with van der Waals surface area (Å²) >= 11 is 0. The van der Waals surface area contributed by atoms with Crippen LogP contribution in [0.1, 0.15) is 25.7 Å². The monoisotopic (exact) mass is 501 g/mol. The fourth-order valence-corrected chi connectivity index (χ4v) is 7.87. The van der Waals surface area contributed by atoms with Crippen LogP contribution in [0.25, 0.3) is 11.1 Å². The van der Waals surface area contributed by atoms with Gasteiger partial charge in [0.25, 0.3) is 0 Å². The van der Waals surface area contributed by atoms with E-state index in [1.807, 2.05) is 30.5 Å². The number of pyridine rings is 1. The van der Waals surface area contributed by atoms with E-state index in [0.29, 0.717) is 24.1 Å². The van der Waals surface area contributed by atoms with Gasteiger partial charge in [0.1, 0.15) is 20.3 Å². The molecule has 2 heterocycles. The van der Waals surface area contributed by atoms with Crippen LogP contribution in [0.5, 0.6) is 11.5 Å². The lowest BCUT2D eigenvalue weighted by Gasteiger charge is -2.35. The zero-order valence-electron chi connectivity index (χ0n) is 20.7. The van der Waals surface area contributed by atoms with Gasteiger partial charge in [0, 0.05) is 54.4 Å². The zero-order chi connectivity index (χ0) is 24.9. The van der Waals surface area contributed by atoms with E-state index in [9.17, 15) is 9.90 Å². The van der Waals surface area contributed by atoms with Gasteiger partial charge in [-0.3, -0.25) is 9.78 Å². The minimum absolute atomic E-state index is 0.294. The van der Waals surface area contributed by atoms with E-state index in [1.165, 1.54) is 29.3 Å². The van der Waals surface area contributed by atoms with Crippen LogP contribution in [0, 0.1) is 5.92 Å². The molecule has 1 radical (unpaired) electrons. The van der Waals surface area contributed by atoms with Crippen molar-refractivity contribution in [2.24, 2.45) is 5.92 Å². The number of piperidine rings is 1. The van der Waals surface area contributed by atoms with Gasteiger partial charge in [-0.15, -0.1) is 0 Å². The van der Waals surface area contributed by atoms with Crippen LogP contribution in [-0.2, 0) is 4.79 Å². The molecule has 1 aliphatic carbocycles. The lowest BCUT2D eigenvalue weighted by molar-refractivity contribution is -0.134. The Morgan fingerprint density at radius 1 is 1.06 bits per heavy atom. The number of rotatable bonds is 10. The highest BCUT2D eigenvalue weighted by molar-refractivity contribution is 6.77. The molecule has 0 spiro atoms. The second-order valence-corrected chi connectivity index (χ2v) is 12.6. The lowest BCUT2D eigenvalue weighted by Crippen LogP contribution is -2.36.